The van der Waals surface area contributed by atoms with Crippen LogP contribution in [0, 0.1) is 0 Å². The predicted octanol–water partition coefficient (Wildman–Crippen LogP) is 2.07. The second-order valence-electron chi connectivity index (χ2n) is 3.33. The molecule has 0 spiro atoms. The molecule has 1 heteroatoms. The molecule has 1 nitrogen and oxygen atoms in total. The molecule has 1 fully saturated rings. The van der Waals surface area contributed by atoms with E-state index in [1.54, 1.807) is 0 Å². The zero-order valence-corrected chi connectivity index (χ0v) is 6.29. The molecule has 0 radical (unpaired) electrons. The molecule has 1 aliphatic carbocycles. The standard InChI is InChI=1S/C10H10O/c1-2-4-8-7(3-1)5-6-9-10(8)11-9/h1-4,9-10H,5-6H2/t9-,10-/m0/s1. The van der Waals surface area contributed by atoms with E-state index in [2.05, 4.69) is 24.3 Å². The zero-order valence-electron chi connectivity index (χ0n) is 6.29. The number of hydrogen-bond donors (Lipinski definition) is 0. The Bertz CT molecular complexity index is 293. The van der Waals surface area contributed by atoms with Crippen LogP contribution in [0.15, 0.2) is 24.3 Å². The summed E-state index contributed by atoms with van der Waals surface area (Å²) in [5.41, 5.74) is 2.93. The number of epoxide rings is 1. The van der Waals surface area contributed by atoms with E-state index in [-0.39, 0.29) is 0 Å². The van der Waals surface area contributed by atoms with Gasteiger partial charge in [0.2, 0.25) is 0 Å². The fourth-order valence-corrected chi connectivity index (χ4v) is 1.97. The quantitative estimate of drug-likeness (QED) is 0.510. The molecule has 2 atom stereocenters. The van der Waals surface area contributed by atoms with Gasteiger partial charge in [-0.1, -0.05) is 24.3 Å². The molecule has 0 unspecified atom stereocenters. The second kappa shape index (κ2) is 1.86. The molecule has 3 rings (SSSR count). The Labute approximate surface area is 66.0 Å². The Balaban J connectivity index is 2.14. The smallest absolute Gasteiger partial charge is 0.109 e. The molecule has 0 amide bonds. The highest BCUT2D eigenvalue weighted by atomic mass is 16.6. The van der Waals surface area contributed by atoms with Gasteiger partial charge in [-0.25, -0.2) is 0 Å². The minimum absolute atomic E-state index is 0.458. The maximum Gasteiger partial charge on any atom is 0.109 e. The van der Waals surface area contributed by atoms with Crippen LogP contribution >= 0.6 is 0 Å². The number of ether oxygens (including phenoxy) is 1. The van der Waals surface area contributed by atoms with Crippen molar-refractivity contribution < 1.29 is 4.74 Å². The molecule has 1 heterocycles. The Morgan fingerprint density at radius 1 is 1.27 bits per heavy atom. The fraction of sp³-hybridized carbons (Fsp3) is 0.400. The Kier molecular flexibility index (Phi) is 0.977. The van der Waals surface area contributed by atoms with Gasteiger partial charge in [0.1, 0.15) is 6.10 Å². The normalized spacial score (nSPS) is 32.4. The molecule has 0 bridgehead atoms. The maximum absolute atomic E-state index is 5.50. The molecule has 2 aliphatic rings. The Hall–Kier alpha value is -0.820. The summed E-state index contributed by atoms with van der Waals surface area (Å²) in [4.78, 5) is 0. The zero-order chi connectivity index (χ0) is 7.26. The van der Waals surface area contributed by atoms with Gasteiger partial charge >= 0.3 is 0 Å². The van der Waals surface area contributed by atoms with E-state index in [0.717, 1.165) is 0 Å². The van der Waals surface area contributed by atoms with Crippen LogP contribution in [-0.4, -0.2) is 6.10 Å². The van der Waals surface area contributed by atoms with Crippen molar-refractivity contribution in [2.24, 2.45) is 0 Å². The van der Waals surface area contributed by atoms with Gasteiger partial charge in [0.25, 0.3) is 0 Å². The van der Waals surface area contributed by atoms with Crippen molar-refractivity contribution in [2.75, 3.05) is 0 Å². The third kappa shape index (κ3) is 0.746. The van der Waals surface area contributed by atoms with Gasteiger partial charge in [-0.05, 0) is 24.0 Å². The molecule has 1 aromatic carbocycles. The first-order chi connectivity index (χ1) is 5.45. The highest BCUT2D eigenvalue weighted by molar-refractivity contribution is 5.35. The highest BCUT2D eigenvalue weighted by Crippen LogP contribution is 2.46. The molecule has 1 aromatic rings. The first-order valence-corrected chi connectivity index (χ1v) is 4.18. The lowest BCUT2D eigenvalue weighted by atomic mass is 9.92. The van der Waals surface area contributed by atoms with Crippen molar-refractivity contribution in [1.82, 2.24) is 0 Å². The first-order valence-electron chi connectivity index (χ1n) is 4.18. The number of fused-ring (bicyclic) bond motifs is 3. The van der Waals surface area contributed by atoms with Gasteiger partial charge in [-0.3, -0.25) is 0 Å². The minimum Gasteiger partial charge on any atom is -0.364 e. The van der Waals surface area contributed by atoms with Gasteiger partial charge in [0.15, 0.2) is 0 Å². The second-order valence-corrected chi connectivity index (χ2v) is 3.33. The van der Waals surface area contributed by atoms with Crippen molar-refractivity contribution >= 4 is 0 Å². The van der Waals surface area contributed by atoms with E-state index < -0.39 is 0 Å². The first kappa shape index (κ1) is 5.78. The Morgan fingerprint density at radius 2 is 2.18 bits per heavy atom. The molecule has 56 valence electrons. The van der Waals surface area contributed by atoms with Crippen LogP contribution in [-0.2, 0) is 11.2 Å². The van der Waals surface area contributed by atoms with E-state index in [9.17, 15) is 0 Å². The van der Waals surface area contributed by atoms with Crippen LogP contribution in [0.25, 0.3) is 0 Å². The largest absolute Gasteiger partial charge is 0.364 e. The predicted molar refractivity (Wildman–Crippen MR) is 42.4 cm³/mol. The number of benzene rings is 1. The molecule has 0 N–H and O–H groups in total. The van der Waals surface area contributed by atoms with Gasteiger partial charge < -0.3 is 4.74 Å². The van der Waals surface area contributed by atoms with Crippen LogP contribution in [0.1, 0.15) is 23.7 Å². The monoisotopic (exact) mass is 146 g/mol. The molecular formula is C10H10O. The van der Waals surface area contributed by atoms with Crippen molar-refractivity contribution in [2.45, 2.75) is 25.0 Å². The van der Waals surface area contributed by atoms with Gasteiger partial charge in [-0.2, -0.15) is 0 Å². The van der Waals surface area contributed by atoms with Gasteiger partial charge in [0, 0.05) is 0 Å². The van der Waals surface area contributed by atoms with Crippen LogP contribution in [0.4, 0.5) is 0 Å². The highest BCUT2D eigenvalue weighted by Gasteiger charge is 2.43. The summed E-state index contributed by atoms with van der Waals surface area (Å²) < 4.78 is 5.50. The van der Waals surface area contributed by atoms with Crippen molar-refractivity contribution in [3.05, 3.63) is 35.4 Å². The van der Waals surface area contributed by atoms with E-state index in [1.807, 2.05) is 0 Å². The van der Waals surface area contributed by atoms with Crippen LogP contribution in [0.3, 0.4) is 0 Å². The minimum atomic E-state index is 0.458. The van der Waals surface area contributed by atoms with Gasteiger partial charge in [-0.15, -0.1) is 0 Å². The van der Waals surface area contributed by atoms with Crippen LogP contribution < -0.4 is 0 Å². The molecule has 1 aliphatic heterocycles. The topological polar surface area (TPSA) is 12.5 Å². The van der Waals surface area contributed by atoms with E-state index >= 15 is 0 Å². The average molecular weight is 146 g/mol. The summed E-state index contributed by atoms with van der Waals surface area (Å²) in [6.07, 6.45) is 3.45. The van der Waals surface area contributed by atoms with Crippen molar-refractivity contribution in [3.63, 3.8) is 0 Å². The molecule has 0 saturated carbocycles. The third-order valence-electron chi connectivity index (χ3n) is 2.64. The van der Waals surface area contributed by atoms with Gasteiger partial charge in [0.05, 0.1) is 6.10 Å². The molecule has 0 aromatic heterocycles. The van der Waals surface area contributed by atoms with Crippen molar-refractivity contribution in [3.8, 4) is 0 Å². The summed E-state index contributed by atoms with van der Waals surface area (Å²) in [7, 11) is 0. The third-order valence-corrected chi connectivity index (χ3v) is 2.64. The van der Waals surface area contributed by atoms with E-state index in [4.69, 9.17) is 4.74 Å². The molecule has 1 saturated heterocycles. The number of rotatable bonds is 0. The molecular weight excluding hydrogens is 136 g/mol. The fourth-order valence-electron chi connectivity index (χ4n) is 1.97. The van der Waals surface area contributed by atoms with E-state index in [1.165, 1.54) is 24.0 Å². The lowest BCUT2D eigenvalue weighted by molar-refractivity contribution is 0.373. The lowest BCUT2D eigenvalue weighted by Crippen LogP contribution is -2.03. The lowest BCUT2D eigenvalue weighted by Gasteiger charge is -2.09. The number of hydrogen-bond acceptors (Lipinski definition) is 1. The summed E-state index contributed by atoms with van der Waals surface area (Å²) in [6, 6.07) is 8.62. The summed E-state index contributed by atoms with van der Waals surface area (Å²) in [6.45, 7) is 0. The van der Waals surface area contributed by atoms with Crippen molar-refractivity contribution in [1.29, 1.82) is 0 Å². The van der Waals surface area contributed by atoms with Crippen LogP contribution in [0.5, 0.6) is 0 Å². The average Bonchev–Trinajstić information content (AvgIpc) is 2.83. The summed E-state index contributed by atoms with van der Waals surface area (Å²) in [5.74, 6) is 0. The number of aryl methyl sites for hydroxylation is 1. The molecule has 11 heavy (non-hydrogen) atoms. The maximum atomic E-state index is 5.50. The SMILES string of the molecule is c1ccc2c(c1)CC[C@@H]1O[C@@H]21. The van der Waals surface area contributed by atoms with Crippen LogP contribution in [0.2, 0.25) is 0 Å². The summed E-state index contributed by atoms with van der Waals surface area (Å²) in [5, 5.41) is 0. The Morgan fingerprint density at radius 3 is 3.18 bits per heavy atom. The summed E-state index contributed by atoms with van der Waals surface area (Å²) >= 11 is 0. The van der Waals surface area contributed by atoms with E-state index in [0.29, 0.717) is 12.2 Å².